The van der Waals surface area contributed by atoms with E-state index >= 15 is 0 Å². The van der Waals surface area contributed by atoms with E-state index in [-0.39, 0.29) is 6.10 Å². The second-order valence-electron chi connectivity index (χ2n) is 8.20. The van der Waals surface area contributed by atoms with Crippen molar-refractivity contribution in [3.05, 3.63) is 107 Å². The monoisotopic (exact) mass is 394 g/mol. The van der Waals surface area contributed by atoms with Crippen LogP contribution >= 0.6 is 0 Å². The van der Waals surface area contributed by atoms with E-state index in [1.54, 1.807) is 0 Å². The molecule has 1 aliphatic heterocycles. The number of aromatic nitrogens is 1. The largest absolute Gasteiger partial charge is 0.468 e. The van der Waals surface area contributed by atoms with Gasteiger partial charge in [0.1, 0.15) is 6.10 Å². The fraction of sp³-hybridized carbons (Fsp3) is 0.222. The van der Waals surface area contributed by atoms with Gasteiger partial charge in [0.05, 0.1) is 5.52 Å². The Morgan fingerprint density at radius 1 is 0.933 bits per heavy atom. The average Bonchev–Trinajstić information content (AvgIpc) is 2.95. The van der Waals surface area contributed by atoms with E-state index in [9.17, 15) is 0 Å². The number of aryl methyl sites for hydroxylation is 2. The van der Waals surface area contributed by atoms with Crippen molar-refractivity contribution in [2.45, 2.75) is 33.0 Å². The standard InChI is InChI=1S/C27H26N2O/c1-19-13-14-23-15-24-17-29(16-21-9-5-3-6-10-21)18-25(22-11-7-4-8-12-22)30-27(24)28-26(23)20(19)2/h3-15,25H,16-18H2,1-2H3/t25-/m1/s1. The number of rotatable bonds is 3. The zero-order valence-corrected chi connectivity index (χ0v) is 17.5. The highest BCUT2D eigenvalue weighted by Crippen LogP contribution is 2.34. The molecule has 30 heavy (non-hydrogen) atoms. The lowest BCUT2D eigenvalue weighted by molar-refractivity contribution is 0.140. The van der Waals surface area contributed by atoms with Gasteiger partial charge in [0.2, 0.25) is 5.88 Å². The number of benzene rings is 3. The first-order chi connectivity index (χ1) is 14.7. The molecule has 1 aromatic heterocycles. The normalized spacial score (nSPS) is 16.7. The fourth-order valence-corrected chi connectivity index (χ4v) is 4.24. The van der Waals surface area contributed by atoms with Crippen molar-refractivity contribution >= 4 is 10.9 Å². The molecule has 0 unspecified atom stereocenters. The first-order valence-corrected chi connectivity index (χ1v) is 10.5. The lowest BCUT2D eigenvalue weighted by atomic mass is 10.0. The number of hydrogen-bond acceptors (Lipinski definition) is 3. The quantitative estimate of drug-likeness (QED) is 0.427. The summed E-state index contributed by atoms with van der Waals surface area (Å²) >= 11 is 0. The van der Waals surface area contributed by atoms with Gasteiger partial charge in [-0.25, -0.2) is 4.98 Å². The van der Waals surface area contributed by atoms with Gasteiger partial charge in [-0.15, -0.1) is 0 Å². The van der Waals surface area contributed by atoms with Gasteiger partial charge in [0.15, 0.2) is 0 Å². The van der Waals surface area contributed by atoms with Crippen molar-refractivity contribution < 1.29 is 4.74 Å². The molecule has 2 heterocycles. The van der Waals surface area contributed by atoms with Gasteiger partial charge in [-0.05, 0) is 42.2 Å². The van der Waals surface area contributed by atoms with Crippen LogP contribution in [0.3, 0.4) is 0 Å². The smallest absolute Gasteiger partial charge is 0.219 e. The van der Waals surface area contributed by atoms with E-state index in [2.05, 4.69) is 91.5 Å². The maximum absolute atomic E-state index is 6.56. The SMILES string of the molecule is Cc1ccc2cc3c(nc2c1C)O[C@@H](c1ccccc1)CN(Cc1ccccc1)C3. The maximum Gasteiger partial charge on any atom is 0.219 e. The van der Waals surface area contributed by atoms with Crippen LogP contribution in [-0.4, -0.2) is 16.4 Å². The Kier molecular flexibility index (Phi) is 4.97. The van der Waals surface area contributed by atoms with Crippen LogP contribution in [0.1, 0.15) is 33.9 Å². The molecule has 0 radical (unpaired) electrons. The molecule has 0 bridgehead atoms. The molecule has 0 fully saturated rings. The van der Waals surface area contributed by atoms with E-state index in [1.807, 2.05) is 6.07 Å². The Hall–Kier alpha value is -3.17. The number of hydrogen-bond donors (Lipinski definition) is 0. The molecule has 3 aromatic carbocycles. The van der Waals surface area contributed by atoms with Gasteiger partial charge in [0, 0.05) is 30.6 Å². The minimum Gasteiger partial charge on any atom is -0.468 e. The summed E-state index contributed by atoms with van der Waals surface area (Å²) in [7, 11) is 0. The van der Waals surface area contributed by atoms with Crippen LogP contribution < -0.4 is 4.74 Å². The topological polar surface area (TPSA) is 25.4 Å². The zero-order chi connectivity index (χ0) is 20.5. The van der Waals surface area contributed by atoms with Crippen molar-refractivity contribution in [1.29, 1.82) is 0 Å². The number of fused-ring (bicyclic) bond motifs is 2. The van der Waals surface area contributed by atoms with Crippen molar-refractivity contribution in [3.8, 4) is 5.88 Å². The molecule has 150 valence electrons. The Morgan fingerprint density at radius 3 is 2.43 bits per heavy atom. The third-order valence-electron chi connectivity index (χ3n) is 6.04. The number of pyridine rings is 1. The molecule has 5 rings (SSSR count). The van der Waals surface area contributed by atoms with Gasteiger partial charge in [0.25, 0.3) is 0 Å². The van der Waals surface area contributed by atoms with Gasteiger partial charge >= 0.3 is 0 Å². The number of nitrogens with zero attached hydrogens (tertiary/aromatic N) is 2. The minimum absolute atomic E-state index is 0.0498. The molecule has 4 aromatic rings. The Bertz CT molecular complexity index is 1170. The molecule has 0 spiro atoms. The fourth-order valence-electron chi connectivity index (χ4n) is 4.24. The summed E-state index contributed by atoms with van der Waals surface area (Å²) in [6, 6.07) is 27.8. The van der Waals surface area contributed by atoms with E-state index in [1.165, 1.54) is 27.6 Å². The summed E-state index contributed by atoms with van der Waals surface area (Å²) in [6.45, 7) is 6.81. The zero-order valence-electron chi connectivity index (χ0n) is 17.5. The molecule has 0 amide bonds. The van der Waals surface area contributed by atoms with E-state index in [4.69, 9.17) is 9.72 Å². The Labute approximate surface area is 178 Å². The molecule has 0 saturated heterocycles. The Balaban J connectivity index is 1.58. The van der Waals surface area contributed by atoms with E-state index in [0.717, 1.165) is 36.6 Å². The first kappa shape index (κ1) is 18.8. The number of ether oxygens (including phenoxy) is 1. The van der Waals surface area contributed by atoms with Crippen molar-refractivity contribution in [3.63, 3.8) is 0 Å². The average molecular weight is 395 g/mol. The molecule has 0 N–H and O–H groups in total. The third kappa shape index (κ3) is 3.69. The molecular weight excluding hydrogens is 368 g/mol. The van der Waals surface area contributed by atoms with E-state index in [0.29, 0.717) is 0 Å². The van der Waals surface area contributed by atoms with Crippen LogP contribution in [0, 0.1) is 13.8 Å². The highest BCUT2D eigenvalue weighted by Gasteiger charge is 2.26. The van der Waals surface area contributed by atoms with Crippen LogP contribution in [0.2, 0.25) is 0 Å². The van der Waals surface area contributed by atoms with Crippen molar-refractivity contribution in [2.75, 3.05) is 6.54 Å². The highest BCUT2D eigenvalue weighted by atomic mass is 16.5. The van der Waals surface area contributed by atoms with Crippen molar-refractivity contribution in [2.24, 2.45) is 0 Å². The van der Waals surface area contributed by atoms with Gasteiger partial charge in [-0.2, -0.15) is 0 Å². The van der Waals surface area contributed by atoms with Gasteiger partial charge < -0.3 is 4.74 Å². The van der Waals surface area contributed by atoms with Crippen LogP contribution in [0.5, 0.6) is 5.88 Å². The minimum atomic E-state index is -0.0498. The van der Waals surface area contributed by atoms with Crippen LogP contribution in [0.15, 0.2) is 78.9 Å². The summed E-state index contributed by atoms with van der Waals surface area (Å²) in [5.41, 5.74) is 7.17. The second-order valence-corrected chi connectivity index (χ2v) is 8.20. The second kappa shape index (κ2) is 7.92. The summed E-state index contributed by atoms with van der Waals surface area (Å²) in [6.07, 6.45) is -0.0498. The van der Waals surface area contributed by atoms with Gasteiger partial charge in [-0.1, -0.05) is 72.8 Å². The van der Waals surface area contributed by atoms with E-state index < -0.39 is 0 Å². The molecule has 1 aliphatic rings. The first-order valence-electron chi connectivity index (χ1n) is 10.5. The highest BCUT2D eigenvalue weighted by molar-refractivity contribution is 5.84. The predicted molar refractivity (Wildman–Crippen MR) is 122 cm³/mol. The molecule has 3 nitrogen and oxygen atoms in total. The summed E-state index contributed by atoms with van der Waals surface area (Å²) in [5.74, 6) is 0.764. The third-order valence-corrected chi connectivity index (χ3v) is 6.04. The molecule has 3 heteroatoms. The van der Waals surface area contributed by atoms with Crippen LogP contribution in [0.4, 0.5) is 0 Å². The summed E-state index contributed by atoms with van der Waals surface area (Å²) in [4.78, 5) is 7.47. The lowest BCUT2D eigenvalue weighted by Gasteiger charge is -2.24. The van der Waals surface area contributed by atoms with Gasteiger partial charge in [-0.3, -0.25) is 4.90 Å². The lowest BCUT2D eigenvalue weighted by Crippen LogP contribution is -2.27. The summed E-state index contributed by atoms with van der Waals surface area (Å²) in [5, 5.41) is 1.18. The van der Waals surface area contributed by atoms with Crippen LogP contribution in [-0.2, 0) is 13.1 Å². The Morgan fingerprint density at radius 2 is 1.67 bits per heavy atom. The maximum atomic E-state index is 6.56. The van der Waals surface area contributed by atoms with Crippen LogP contribution in [0.25, 0.3) is 10.9 Å². The molecule has 0 saturated carbocycles. The molecule has 0 aliphatic carbocycles. The molecular formula is C27H26N2O. The predicted octanol–water partition coefficient (Wildman–Crippen LogP) is 5.99. The molecule has 1 atom stereocenters. The van der Waals surface area contributed by atoms with Crippen molar-refractivity contribution in [1.82, 2.24) is 9.88 Å². The summed E-state index contributed by atoms with van der Waals surface area (Å²) < 4.78 is 6.56.